The fourth-order valence-corrected chi connectivity index (χ4v) is 7.93. The third kappa shape index (κ3) is 2.92. The molecule has 0 N–H and O–H groups in total. The molecule has 0 nitrogen and oxygen atoms in total. The molecule has 0 amide bonds. The van der Waals surface area contributed by atoms with Gasteiger partial charge < -0.3 is 0 Å². The van der Waals surface area contributed by atoms with E-state index < -0.39 is 0 Å². The summed E-state index contributed by atoms with van der Waals surface area (Å²) in [5.74, 6) is 0. The molecule has 7 aromatic carbocycles. The van der Waals surface area contributed by atoms with Crippen molar-refractivity contribution in [2.75, 3.05) is 0 Å². The highest BCUT2D eigenvalue weighted by Crippen LogP contribution is 2.62. The Labute approximate surface area is 246 Å². The van der Waals surface area contributed by atoms with E-state index in [2.05, 4.69) is 137 Å². The van der Waals surface area contributed by atoms with Crippen LogP contribution in [0.1, 0.15) is 22.3 Å². The van der Waals surface area contributed by atoms with Crippen LogP contribution in [-0.2, 0) is 0 Å². The van der Waals surface area contributed by atoms with E-state index in [0.717, 1.165) is 0 Å². The van der Waals surface area contributed by atoms with E-state index in [1.54, 1.807) is 0 Å². The number of fused-ring (bicyclic) bond motifs is 7. The first-order valence-electron chi connectivity index (χ1n) is 15.0. The topological polar surface area (TPSA) is 0 Å². The Morgan fingerprint density at radius 1 is 0.310 bits per heavy atom. The zero-order chi connectivity index (χ0) is 28.3. The largest absolute Gasteiger partial charge is 0.0622 e. The summed E-state index contributed by atoms with van der Waals surface area (Å²) in [6.45, 7) is 9.02. The maximum atomic E-state index is 2.43. The Balaban J connectivity index is 1.53. The highest BCUT2D eigenvalue weighted by Gasteiger charge is 2.35. The normalized spacial score (nSPS) is 12.3. The zero-order valence-corrected chi connectivity index (χ0v) is 24.4. The summed E-state index contributed by atoms with van der Waals surface area (Å²) in [7, 11) is 0. The van der Waals surface area contributed by atoms with E-state index in [1.165, 1.54) is 111 Å². The minimum atomic E-state index is 1.27. The predicted octanol–water partition coefficient (Wildman–Crippen LogP) is 11.9. The monoisotopic (exact) mass is 534 g/mol. The molecule has 9 rings (SSSR count). The fraction of sp³-hybridized carbons (Fsp3) is 0.0952. The van der Waals surface area contributed by atoms with E-state index >= 15 is 0 Å². The summed E-state index contributed by atoms with van der Waals surface area (Å²) in [5.41, 5.74) is 21.7. The van der Waals surface area contributed by atoms with Gasteiger partial charge in [0.25, 0.3) is 0 Å². The van der Waals surface area contributed by atoms with Crippen LogP contribution < -0.4 is 0 Å². The maximum Gasteiger partial charge on any atom is -0.000740 e. The Kier molecular flexibility index (Phi) is 4.69. The van der Waals surface area contributed by atoms with Gasteiger partial charge >= 0.3 is 0 Å². The molecule has 2 aliphatic rings. The number of hydrogen-bond donors (Lipinski definition) is 0. The Morgan fingerprint density at radius 3 is 1.05 bits per heavy atom. The molecular weight excluding hydrogens is 504 g/mol. The van der Waals surface area contributed by atoms with Gasteiger partial charge in [0.15, 0.2) is 0 Å². The molecule has 0 heterocycles. The molecular formula is C42H30. The van der Waals surface area contributed by atoms with E-state index in [1.807, 2.05) is 0 Å². The second kappa shape index (κ2) is 8.30. The zero-order valence-electron chi connectivity index (χ0n) is 24.4. The molecule has 0 aromatic heterocycles. The van der Waals surface area contributed by atoms with Crippen molar-refractivity contribution in [3.05, 3.63) is 131 Å². The molecule has 0 atom stereocenters. The summed E-state index contributed by atoms with van der Waals surface area (Å²) in [4.78, 5) is 0. The minimum Gasteiger partial charge on any atom is -0.0622 e. The van der Waals surface area contributed by atoms with Crippen LogP contribution in [0.4, 0.5) is 0 Å². The number of benzene rings is 7. The molecule has 0 heteroatoms. The van der Waals surface area contributed by atoms with Crippen molar-refractivity contribution in [2.24, 2.45) is 0 Å². The van der Waals surface area contributed by atoms with Crippen LogP contribution in [0.2, 0.25) is 0 Å². The first kappa shape index (κ1) is 23.7. The summed E-state index contributed by atoms with van der Waals surface area (Å²) in [6, 6.07) is 41.2. The molecule has 0 saturated carbocycles. The van der Waals surface area contributed by atoms with Crippen molar-refractivity contribution in [3.63, 3.8) is 0 Å². The SMILES string of the molecule is Cc1cc2c(-c3ccccc3)c3c(c(-c4ccccc4)c2cc1C)-c1ccc2c4c(ccc-3c14)-c1c(C)ccc(C)c1-2. The van der Waals surface area contributed by atoms with Gasteiger partial charge in [-0.15, -0.1) is 0 Å². The highest BCUT2D eigenvalue weighted by atomic mass is 14.4. The lowest BCUT2D eigenvalue weighted by molar-refractivity contribution is 1.37. The fourth-order valence-electron chi connectivity index (χ4n) is 7.93. The molecule has 0 spiro atoms. The molecule has 42 heavy (non-hydrogen) atoms. The molecule has 0 radical (unpaired) electrons. The van der Waals surface area contributed by atoms with Crippen molar-refractivity contribution in [1.29, 1.82) is 0 Å². The van der Waals surface area contributed by atoms with Gasteiger partial charge in [-0.1, -0.05) is 109 Å². The van der Waals surface area contributed by atoms with Gasteiger partial charge in [-0.05, 0) is 138 Å². The summed E-state index contributed by atoms with van der Waals surface area (Å²) in [5, 5.41) is 5.49. The van der Waals surface area contributed by atoms with Crippen molar-refractivity contribution in [1.82, 2.24) is 0 Å². The predicted molar refractivity (Wildman–Crippen MR) is 180 cm³/mol. The Bertz CT molecular complexity index is 2140. The van der Waals surface area contributed by atoms with E-state index in [4.69, 9.17) is 0 Å². The Morgan fingerprint density at radius 2 is 0.667 bits per heavy atom. The quantitative estimate of drug-likeness (QED) is 0.207. The molecule has 198 valence electrons. The van der Waals surface area contributed by atoms with Crippen molar-refractivity contribution < 1.29 is 0 Å². The minimum absolute atomic E-state index is 1.27. The average Bonchev–Trinajstić information content (AvgIpc) is 3.53. The van der Waals surface area contributed by atoms with Crippen molar-refractivity contribution in [2.45, 2.75) is 27.7 Å². The second-order valence-corrected chi connectivity index (χ2v) is 12.2. The molecule has 0 fully saturated rings. The Hall–Kier alpha value is -4.94. The smallest absolute Gasteiger partial charge is 0.000740 e. The second-order valence-electron chi connectivity index (χ2n) is 12.2. The summed E-state index contributed by atoms with van der Waals surface area (Å²) in [6.07, 6.45) is 0. The van der Waals surface area contributed by atoms with Crippen molar-refractivity contribution >= 4 is 21.5 Å². The standard InChI is InChI=1S/C42H30/c1-23-15-16-24(2)36-30-18-20-32-40-31(19-17-29(35(23)36)39(30)40)41-37(27-11-7-5-8-12-27)33-21-25(3)26(4)22-34(33)38(42(32)41)28-13-9-6-10-14-28/h5-22H,1-4H3. The molecule has 0 saturated heterocycles. The number of aryl methyl sites for hydroxylation is 4. The van der Waals surface area contributed by atoms with Gasteiger partial charge in [-0.3, -0.25) is 0 Å². The maximum absolute atomic E-state index is 2.43. The number of rotatable bonds is 2. The number of hydrogen-bond acceptors (Lipinski definition) is 0. The molecule has 0 aliphatic heterocycles. The summed E-state index contributed by atoms with van der Waals surface area (Å²) < 4.78 is 0. The highest BCUT2D eigenvalue weighted by molar-refractivity contribution is 6.32. The van der Waals surface area contributed by atoms with E-state index in [-0.39, 0.29) is 0 Å². The van der Waals surface area contributed by atoms with Crippen LogP contribution in [-0.4, -0.2) is 0 Å². The first-order chi connectivity index (χ1) is 20.5. The van der Waals surface area contributed by atoms with Crippen molar-refractivity contribution in [3.8, 4) is 66.8 Å². The molecule has 7 aromatic rings. The van der Waals surface area contributed by atoms with Gasteiger partial charge in [0.1, 0.15) is 0 Å². The lowest BCUT2D eigenvalue weighted by atomic mass is 9.81. The van der Waals surface area contributed by atoms with Gasteiger partial charge in [0.05, 0.1) is 0 Å². The molecule has 0 bridgehead atoms. The van der Waals surface area contributed by atoms with Gasteiger partial charge in [0, 0.05) is 0 Å². The molecule has 0 unspecified atom stereocenters. The van der Waals surface area contributed by atoms with E-state index in [0.29, 0.717) is 0 Å². The van der Waals surface area contributed by atoms with Crippen LogP contribution in [0.3, 0.4) is 0 Å². The van der Waals surface area contributed by atoms with Gasteiger partial charge in [0.2, 0.25) is 0 Å². The van der Waals surface area contributed by atoms with Gasteiger partial charge in [-0.2, -0.15) is 0 Å². The average molecular weight is 535 g/mol. The van der Waals surface area contributed by atoms with Crippen LogP contribution in [0.5, 0.6) is 0 Å². The third-order valence-electron chi connectivity index (χ3n) is 9.91. The van der Waals surface area contributed by atoms with E-state index in [9.17, 15) is 0 Å². The van der Waals surface area contributed by atoms with Crippen LogP contribution in [0, 0.1) is 27.7 Å². The summed E-state index contributed by atoms with van der Waals surface area (Å²) >= 11 is 0. The molecule has 2 aliphatic carbocycles. The van der Waals surface area contributed by atoms with Crippen LogP contribution in [0.15, 0.2) is 109 Å². The lowest BCUT2D eigenvalue weighted by Crippen LogP contribution is -1.95. The lowest BCUT2D eigenvalue weighted by Gasteiger charge is -2.21. The third-order valence-corrected chi connectivity index (χ3v) is 9.91. The van der Waals surface area contributed by atoms with Gasteiger partial charge in [-0.25, -0.2) is 0 Å². The van der Waals surface area contributed by atoms with Crippen LogP contribution in [0.25, 0.3) is 88.3 Å². The van der Waals surface area contributed by atoms with Crippen LogP contribution >= 0.6 is 0 Å². The first-order valence-corrected chi connectivity index (χ1v) is 15.0.